The summed E-state index contributed by atoms with van der Waals surface area (Å²) in [6, 6.07) is 22.4. The highest BCUT2D eigenvalue weighted by molar-refractivity contribution is 9.11. The maximum Gasteiger partial charge on any atom is 0.498 e. The van der Waals surface area contributed by atoms with Crippen LogP contribution in [0.3, 0.4) is 0 Å². The third-order valence-corrected chi connectivity index (χ3v) is 23.4. The highest BCUT2D eigenvalue weighted by Crippen LogP contribution is 2.44. The van der Waals surface area contributed by atoms with Gasteiger partial charge in [0.2, 0.25) is 0 Å². The molecule has 4 aliphatic rings. The number of carboxylic acids is 1. The number of benzene rings is 4. The summed E-state index contributed by atoms with van der Waals surface area (Å²) >= 11 is 13.0. The van der Waals surface area contributed by atoms with Gasteiger partial charge < -0.3 is 47.2 Å². The number of carboxylic acid groups (broad SMARTS) is 1. The van der Waals surface area contributed by atoms with Gasteiger partial charge in [-0.15, -0.1) is 0 Å². The molecule has 0 unspecified atom stereocenters. The molecule has 11 aromatic rings. The number of esters is 3. The molecule has 40 heteroatoms. The van der Waals surface area contributed by atoms with E-state index >= 15 is 0 Å². The monoisotopic (exact) mass is 2110 g/mol. The summed E-state index contributed by atoms with van der Waals surface area (Å²) in [6.45, 7) is 54.2. The van der Waals surface area contributed by atoms with Crippen LogP contribution in [0.2, 0.25) is 0 Å². The van der Waals surface area contributed by atoms with Gasteiger partial charge >= 0.3 is 45.0 Å². The minimum Gasteiger partial charge on any atom is -0.480 e. The van der Waals surface area contributed by atoms with Crippen molar-refractivity contribution in [1.29, 1.82) is 0 Å². The Morgan fingerprint density at radius 3 is 1.03 bits per heavy atom. The smallest absolute Gasteiger partial charge is 0.480 e. The molecular formula is C95H118B3Br4N15O18. The quantitative estimate of drug-likeness (QED) is 0.0327. The van der Waals surface area contributed by atoms with E-state index in [9.17, 15) is 38.4 Å². The molecule has 15 rings (SSSR count). The number of hydrogen-bond acceptors (Lipinski definition) is 29. The standard InChI is InChI=1S/C20H22N4O3.C16H14N4O3.C15H17BrN2O3.C12H24B2O4.C11H17BN2O2.C10H8BrNO.C6H11BrO2.C5H5BrN2/c1-12(25)19-16-8-14(15-9-21-13(2)22-10-15)6-7-17(16)24(23-19)11-18(26)27-20(3,4)5;1-9(21)16-13-5-11(12-6-17-10(2)18-7-12)3-4-14(13)20(19-16)8-15(22)23;1-9(19)14-11-7-10(16)5-6-12(11)18(17-14)8-13(20)21-15(2,3)4;1-9(2)10(3,4)16-13(15-9)14-17-11(5,6)12(7,8)18-14;1-8-13-6-9(7-14-8)12-15-10(2,3)11(4,5)16-12;1-6(13)10-9-4-8(11)3-2-7(9)5-12-10;1-6(2,3)9-5(8)4-7;1-4-7-2-5(6)3-8-4/h6-10H,11H2,1-5H3;3-7H,8H2,1-2H3,(H,22,23);5-7H,8H2,1-4H3;1-8H3;6-7H,1-5H3;2-4H,5H2,1H3;4H2,1-3H3;2-3H,1H3. The number of ether oxygens (including phenoxy) is 3. The van der Waals surface area contributed by atoms with Gasteiger partial charge in [-0.25, -0.2) is 39.9 Å². The number of aromatic nitrogens is 14. The molecule has 0 amide bonds. The number of carbonyl (C=O) groups is 8. The van der Waals surface area contributed by atoms with Gasteiger partial charge in [0.25, 0.3) is 0 Å². The molecule has 0 bridgehead atoms. The first kappa shape index (κ1) is 110. The number of nitrogens with zero attached hydrogens (tertiary/aromatic N) is 15. The van der Waals surface area contributed by atoms with E-state index in [0.29, 0.717) is 57.1 Å². The second-order valence-corrected chi connectivity index (χ2v) is 41.3. The molecule has 4 aromatic carbocycles. The van der Waals surface area contributed by atoms with Gasteiger partial charge in [0.1, 0.15) is 87.9 Å². The van der Waals surface area contributed by atoms with Crippen LogP contribution in [-0.2, 0) is 92.3 Å². The molecular weight excluding hydrogens is 1990 g/mol. The SMILES string of the molecule is CC(=O)C1=NCc2ccc(Br)cc21.CC(=O)c1nn(CC(=O)O)c2ccc(-c3cnc(C)nc3)cc12.CC(=O)c1nn(CC(=O)OC(C)(C)C)c2ccc(-c3cnc(C)nc3)cc12.CC(=O)c1nn(CC(=O)OC(C)(C)C)c2ccc(Br)cc12.CC(C)(C)OC(=O)CBr.CC1(C)OB(B2OC(C)(C)C(C)(C)O2)OC1(C)C.Cc1ncc(B2OC(C)(C)C(C)(C)O2)cn1.Cc1ncc(Br)cn1. The minimum absolute atomic E-state index is 0.0251. The van der Waals surface area contributed by atoms with Crippen LogP contribution in [0.5, 0.6) is 0 Å². The van der Waals surface area contributed by atoms with Crippen LogP contribution in [0.1, 0.15) is 239 Å². The molecule has 0 saturated carbocycles. The van der Waals surface area contributed by atoms with E-state index in [1.54, 1.807) is 69.5 Å². The Morgan fingerprint density at radius 2 is 0.704 bits per heavy atom. The van der Waals surface area contributed by atoms with Crippen molar-refractivity contribution in [3.63, 3.8) is 0 Å². The van der Waals surface area contributed by atoms with Crippen molar-refractivity contribution >= 4 is 176 Å². The molecule has 0 aliphatic carbocycles. The average Bonchev–Trinajstić information content (AvgIpc) is 1.59. The topological polar surface area (TPSA) is 409 Å². The molecule has 718 valence electrons. The Kier molecular flexibility index (Phi) is 36.6. The molecule has 135 heavy (non-hydrogen) atoms. The lowest BCUT2D eigenvalue weighted by atomic mass is 9.49. The number of fused-ring (bicyclic) bond motifs is 4. The zero-order valence-electron chi connectivity index (χ0n) is 81.9. The van der Waals surface area contributed by atoms with Crippen molar-refractivity contribution in [1.82, 2.24) is 69.2 Å². The minimum atomic E-state index is -1.01. The summed E-state index contributed by atoms with van der Waals surface area (Å²) in [7, 11) is -1.32. The Balaban J connectivity index is 0.000000194. The van der Waals surface area contributed by atoms with Crippen LogP contribution in [0.15, 0.2) is 141 Å². The number of rotatable bonds is 15. The first-order valence-corrected chi connectivity index (χ1v) is 46.7. The van der Waals surface area contributed by atoms with E-state index in [0.717, 1.165) is 74.8 Å². The Labute approximate surface area is 822 Å². The van der Waals surface area contributed by atoms with Crippen LogP contribution >= 0.6 is 63.7 Å². The molecule has 7 aromatic heterocycles. The predicted molar refractivity (Wildman–Crippen MR) is 532 cm³/mol. The third kappa shape index (κ3) is 30.6. The van der Waals surface area contributed by atoms with Crippen molar-refractivity contribution in [3.8, 4) is 22.3 Å². The van der Waals surface area contributed by atoms with Gasteiger partial charge in [-0.1, -0.05) is 66.0 Å². The van der Waals surface area contributed by atoms with E-state index in [1.807, 2.05) is 233 Å². The van der Waals surface area contributed by atoms with E-state index < -0.39 is 37.2 Å². The molecule has 3 saturated heterocycles. The molecule has 0 radical (unpaired) electrons. The van der Waals surface area contributed by atoms with Crippen LogP contribution in [0.4, 0.5) is 0 Å². The number of Topliss-reactive ketones (excluding diaryl/α,β-unsaturated/α-hetero) is 4. The fourth-order valence-electron chi connectivity index (χ4n) is 12.9. The summed E-state index contributed by atoms with van der Waals surface area (Å²) in [4.78, 5) is 129. The van der Waals surface area contributed by atoms with Crippen LogP contribution in [-0.4, -0.2) is 204 Å². The molecule has 3 fully saturated rings. The zero-order chi connectivity index (χ0) is 101. The predicted octanol–water partition coefficient (Wildman–Crippen LogP) is 17.7. The van der Waals surface area contributed by atoms with Crippen molar-refractivity contribution in [2.75, 3.05) is 5.33 Å². The van der Waals surface area contributed by atoms with E-state index in [-0.39, 0.29) is 112 Å². The number of carbonyl (C=O) groups excluding carboxylic acids is 7. The second kappa shape index (κ2) is 44.9. The summed E-state index contributed by atoms with van der Waals surface area (Å²) in [5, 5.41) is 24.0. The third-order valence-electron chi connectivity index (χ3n) is 21.6. The summed E-state index contributed by atoms with van der Waals surface area (Å²) in [5.74, 6) is 0.414. The fraction of sp³-hybridized carbons (Fsp3) is 0.453. The Bertz CT molecular complexity index is 6070. The summed E-state index contributed by atoms with van der Waals surface area (Å²) in [6.07, 6.45) is 13.8. The zero-order valence-corrected chi connectivity index (χ0v) is 88.3. The van der Waals surface area contributed by atoms with Gasteiger partial charge in [-0.05, 0) is 260 Å². The lowest BCUT2D eigenvalue weighted by Gasteiger charge is -2.32. The number of hydrogen-bond donors (Lipinski definition) is 1. The largest absolute Gasteiger partial charge is 0.498 e. The van der Waals surface area contributed by atoms with Gasteiger partial charge in [-0.3, -0.25) is 57.4 Å². The van der Waals surface area contributed by atoms with Gasteiger partial charge in [0.15, 0.2) is 23.1 Å². The van der Waals surface area contributed by atoms with Crippen molar-refractivity contribution in [3.05, 3.63) is 187 Å². The number of alkyl halides is 1. The molecule has 0 spiro atoms. The Morgan fingerprint density at radius 1 is 0.393 bits per heavy atom. The Hall–Kier alpha value is -10.3. The van der Waals surface area contributed by atoms with Crippen molar-refractivity contribution in [2.24, 2.45) is 4.99 Å². The molecule has 11 heterocycles. The number of aliphatic imine (C=N–C) groups is 1. The number of aryl methyl sites for hydroxylation is 4. The molecule has 4 aliphatic heterocycles. The van der Waals surface area contributed by atoms with Crippen LogP contribution in [0.25, 0.3) is 55.0 Å². The van der Waals surface area contributed by atoms with E-state index in [4.69, 9.17) is 47.2 Å². The highest BCUT2D eigenvalue weighted by atomic mass is 79.9. The first-order chi connectivity index (χ1) is 62.4. The molecule has 0 atom stereocenters. The maximum atomic E-state index is 12.2. The van der Waals surface area contributed by atoms with Crippen molar-refractivity contribution < 1.29 is 85.6 Å². The average molecular weight is 2110 g/mol. The summed E-state index contributed by atoms with van der Waals surface area (Å²) < 4.78 is 58.3. The van der Waals surface area contributed by atoms with E-state index in [1.165, 1.54) is 34.8 Å². The maximum absolute atomic E-state index is 12.2. The number of halogens is 4. The van der Waals surface area contributed by atoms with Gasteiger partial charge in [0, 0.05) is 125 Å². The fourth-order valence-corrected chi connectivity index (χ4v) is 14.0. The van der Waals surface area contributed by atoms with Gasteiger partial charge in [-0.2, -0.15) is 15.3 Å². The van der Waals surface area contributed by atoms with Gasteiger partial charge in [0.05, 0.1) is 61.2 Å². The lowest BCUT2D eigenvalue weighted by molar-refractivity contribution is -0.156. The van der Waals surface area contributed by atoms with E-state index in [2.05, 4.69) is 124 Å². The number of aliphatic carboxylic acids is 1. The second-order valence-electron chi connectivity index (χ2n) is 38.0. The molecule has 33 nitrogen and oxygen atoms in total. The van der Waals surface area contributed by atoms with Crippen molar-refractivity contribution in [2.45, 2.75) is 277 Å². The highest BCUT2D eigenvalue weighted by Gasteiger charge is 2.64. The first-order valence-electron chi connectivity index (χ1n) is 43.2. The van der Waals surface area contributed by atoms with Crippen LogP contribution < -0.4 is 5.46 Å². The normalized spacial score (nSPS) is 15.5. The lowest BCUT2D eigenvalue weighted by Crippen LogP contribution is -2.41. The summed E-state index contributed by atoms with van der Waals surface area (Å²) in [5.41, 5.74) is 6.37. The molecule has 1 N–H and O–H groups in total. The number of ketones is 4. The van der Waals surface area contributed by atoms with Crippen LogP contribution in [0, 0.1) is 27.7 Å².